The van der Waals surface area contributed by atoms with Gasteiger partial charge in [0.15, 0.2) is 5.82 Å². The average molecular weight is 611 g/mol. The monoisotopic (exact) mass is 610 g/mol. The number of carbonyl (C=O) groups is 1. The van der Waals surface area contributed by atoms with E-state index in [1.807, 2.05) is 17.5 Å². The molecule has 0 bridgehead atoms. The van der Waals surface area contributed by atoms with E-state index in [1.54, 1.807) is 7.11 Å². The number of aromatic amines is 1. The standard InChI is InChI=1S/C35H42N6O2S/c1-22-18-28(16-17-31(22)43-2)24-8-6-23(7-9-24)21-41(35(42)27-14-10-25(11-15-27)33-37-39-40-38-33)30-5-3-4-29(19-30)32-20-36-34(44-32)26-12-13-26/h3-5,16-20,23-27H,6-15,21H2,1-2H3,(H,37,38,39,40)/t23-,24-,25?,27?. The Balaban J connectivity index is 1.08. The molecule has 3 saturated carbocycles. The molecule has 2 aromatic heterocycles. The maximum Gasteiger partial charge on any atom is 0.230 e. The van der Waals surface area contributed by atoms with Gasteiger partial charge < -0.3 is 9.64 Å². The van der Waals surface area contributed by atoms with Crippen molar-refractivity contribution in [3.8, 4) is 16.2 Å². The molecule has 3 aliphatic carbocycles. The predicted octanol–water partition coefficient (Wildman–Crippen LogP) is 7.80. The number of nitrogens with zero attached hydrogens (tertiary/aromatic N) is 5. The predicted molar refractivity (Wildman–Crippen MR) is 173 cm³/mol. The van der Waals surface area contributed by atoms with Crippen molar-refractivity contribution >= 4 is 22.9 Å². The molecular formula is C35H42N6O2S. The first-order valence-corrected chi connectivity index (χ1v) is 17.1. The Kier molecular flexibility index (Phi) is 8.47. The highest BCUT2D eigenvalue weighted by Crippen LogP contribution is 2.44. The van der Waals surface area contributed by atoms with Crippen LogP contribution in [0.5, 0.6) is 5.75 Å². The van der Waals surface area contributed by atoms with E-state index in [-0.39, 0.29) is 17.7 Å². The maximum atomic E-state index is 14.4. The number of tetrazole rings is 1. The Morgan fingerprint density at radius 3 is 2.43 bits per heavy atom. The first-order valence-electron chi connectivity index (χ1n) is 16.3. The third-order valence-corrected chi connectivity index (χ3v) is 11.3. The summed E-state index contributed by atoms with van der Waals surface area (Å²) in [5.41, 5.74) is 4.78. The summed E-state index contributed by atoms with van der Waals surface area (Å²) >= 11 is 1.81. The molecule has 0 atom stereocenters. The zero-order chi connectivity index (χ0) is 30.0. The summed E-state index contributed by atoms with van der Waals surface area (Å²) in [4.78, 5) is 22.4. The van der Waals surface area contributed by atoms with E-state index in [0.29, 0.717) is 17.8 Å². The van der Waals surface area contributed by atoms with Gasteiger partial charge in [0.1, 0.15) is 5.75 Å². The second kappa shape index (κ2) is 12.8. The van der Waals surface area contributed by atoms with Crippen molar-refractivity contribution in [3.63, 3.8) is 0 Å². The summed E-state index contributed by atoms with van der Waals surface area (Å²) in [6, 6.07) is 15.3. The lowest BCUT2D eigenvalue weighted by molar-refractivity contribution is -0.123. The van der Waals surface area contributed by atoms with Crippen LogP contribution in [-0.2, 0) is 4.79 Å². The number of thiazole rings is 1. The van der Waals surface area contributed by atoms with Gasteiger partial charge in [-0.3, -0.25) is 4.79 Å². The van der Waals surface area contributed by atoms with Crippen molar-refractivity contribution in [2.75, 3.05) is 18.6 Å². The lowest BCUT2D eigenvalue weighted by atomic mass is 9.77. The number of H-pyrrole nitrogens is 1. The molecule has 3 aliphatic rings. The van der Waals surface area contributed by atoms with Crippen LogP contribution in [-0.4, -0.2) is 45.2 Å². The lowest BCUT2D eigenvalue weighted by Crippen LogP contribution is -2.41. The molecule has 8 nitrogen and oxygen atoms in total. The van der Waals surface area contributed by atoms with Gasteiger partial charge in [0.2, 0.25) is 5.91 Å². The van der Waals surface area contributed by atoms with Crippen molar-refractivity contribution in [2.45, 2.75) is 88.9 Å². The van der Waals surface area contributed by atoms with Gasteiger partial charge in [0.25, 0.3) is 0 Å². The molecule has 230 valence electrons. The Labute approximate surface area is 263 Å². The van der Waals surface area contributed by atoms with Crippen molar-refractivity contribution in [1.82, 2.24) is 25.6 Å². The second-order valence-corrected chi connectivity index (χ2v) is 14.2. The number of aromatic nitrogens is 5. The van der Waals surface area contributed by atoms with Crippen LogP contribution >= 0.6 is 11.3 Å². The SMILES string of the molecule is COc1ccc([C@H]2CC[C@H](CN(C(=O)C3CCC(c4nn[nH]n4)CC3)c3cccc(-c4cnc(C5CC5)s4)c3)CC2)cc1C. The molecule has 1 N–H and O–H groups in total. The number of benzene rings is 2. The highest BCUT2D eigenvalue weighted by Gasteiger charge is 2.34. The minimum absolute atomic E-state index is 0.0188. The van der Waals surface area contributed by atoms with Gasteiger partial charge in [0.05, 0.1) is 17.0 Å². The summed E-state index contributed by atoms with van der Waals surface area (Å²) < 4.78 is 5.49. The highest BCUT2D eigenvalue weighted by atomic mass is 32.1. The molecule has 3 fully saturated rings. The van der Waals surface area contributed by atoms with E-state index in [9.17, 15) is 4.79 Å². The second-order valence-electron chi connectivity index (χ2n) is 13.1. The molecule has 7 rings (SSSR count). The first kappa shape index (κ1) is 29.1. The van der Waals surface area contributed by atoms with Crippen LogP contribution in [0, 0.1) is 18.8 Å². The van der Waals surface area contributed by atoms with Crippen molar-refractivity contribution in [2.24, 2.45) is 11.8 Å². The number of hydrogen-bond acceptors (Lipinski definition) is 7. The first-order chi connectivity index (χ1) is 21.6. The number of hydrogen-bond donors (Lipinski definition) is 1. The molecule has 9 heteroatoms. The minimum Gasteiger partial charge on any atom is -0.496 e. The van der Waals surface area contributed by atoms with Gasteiger partial charge in [-0.1, -0.05) is 29.5 Å². The normalized spacial score (nSPS) is 23.8. The number of methoxy groups -OCH3 is 1. The Hall–Kier alpha value is -3.59. The zero-order valence-electron chi connectivity index (χ0n) is 25.7. The summed E-state index contributed by atoms with van der Waals surface area (Å²) in [5, 5.41) is 16.0. The van der Waals surface area contributed by atoms with Crippen LogP contribution < -0.4 is 9.64 Å². The Bertz CT molecular complexity index is 1570. The topological polar surface area (TPSA) is 96.9 Å². The van der Waals surface area contributed by atoms with Crippen molar-refractivity contribution in [3.05, 3.63) is 70.6 Å². The molecule has 0 aliphatic heterocycles. The largest absolute Gasteiger partial charge is 0.496 e. The van der Waals surface area contributed by atoms with Crippen molar-refractivity contribution < 1.29 is 9.53 Å². The van der Waals surface area contributed by atoms with E-state index in [0.717, 1.165) is 80.7 Å². The molecule has 0 spiro atoms. The summed E-state index contributed by atoms with van der Waals surface area (Å²) in [5.74, 6) is 3.99. The van der Waals surface area contributed by atoms with Gasteiger partial charge in [-0.2, -0.15) is 5.21 Å². The minimum atomic E-state index is 0.0188. The quantitative estimate of drug-likeness (QED) is 0.208. The third kappa shape index (κ3) is 6.29. The molecule has 2 heterocycles. The van der Waals surface area contributed by atoms with Gasteiger partial charge in [-0.05, 0) is 118 Å². The molecule has 44 heavy (non-hydrogen) atoms. The van der Waals surface area contributed by atoms with Crippen LogP contribution in [0.25, 0.3) is 10.4 Å². The molecule has 2 aromatic carbocycles. The number of ether oxygens (including phenoxy) is 1. The summed E-state index contributed by atoms with van der Waals surface area (Å²) in [7, 11) is 1.73. The lowest BCUT2D eigenvalue weighted by Gasteiger charge is -2.36. The number of carbonyl (C=O) groups excluding carboxylic acids is 1. The smallest absolute Gasteiger partial charge is 0.230 e. The van der Waals surface area contributed by atoms with E-state index in [4.69, 9.17) is 9.72 Å². The van der Waals surface area contributed by atoms with E-state index >= 15 is 0 Å². The van der Waals surface area contributed by atoms with Crippen molar-refractivity contribution in [1.29, 1.82) is 0 Å². The molecular weight excluding hydrogens is 568 g/mol. The third-order valence-electron chi connectivity index (χ3n) is 10.1. The fourth-order valence-electron chi connectivity index (χ4n) is 7.34. The number of aryl methyl sites for hydroxylation is 1. The van der Waals surface area contributed by atoms with Gasteiger partial charge >= 0.3 is 0 Å². The summed E-state index contributed by atoms with van der Waals surface area (Å²) in [6.45, 7) is 2.90. The molecule has 0 saturated heterocycles. The van der Waals surface area contributed by atoms with E-state index in [2.05, 4.69) is 74.9 Å². The highest BCUT2D eigenvalue weighted by molar-refractivity contribution is 7.15. The maximum absolute atomic E-state index is 14.4. The van der Waals surface area contributed by atoms with Crippen LogP contribution in [0.4, 0.5) is 5.69 Å². The fourth-order valence-corrected chi connectivity index (χ4v) is 8.43. The van der Waals surface area contributed by atoms with E-state index < -0.39 is 0 Å². The van der Waals surface area contributed by atoms with Gasteiger partial charge in [-0.15, -0.1) is 21.5 Å². The Morgan fingerprint density at radius 1 is 0.955 bits per heavy atom. The fraction of sp³-hybridized carbons (Fsp3) is 0.514. The number of nitrogens with one attached hydrogen (secondary N) is 1. The van der Waals surface area contributed by atoms with Crippen LogP contribution in [0.2, 0.25) is 0 Å². The number of anilines is 1. The van der Waals surface area contributed by atoms with Gasteiger partial charge in [-0.25, -0.2) is 4.98 Å². The molecule has 1 amide bonds. The average Bonchev–Trinajstić information content (AvgIpc) is 3.53. The number of amides is 1. The molecule has 0 unspecified atom stereocenters. The summed E-state index contributed by atoms with van der Waals surface area (Å²) in [6.07, 6.45) is 12.6. The van der Waals surface area contributed by atoms with Crippen LogP contribution in [0.15, 0.2) is 48.7 Å². The number of rotatable bonds is 9. The molecule has 0 radical (unpaired) electrons. The van der Waals surface area contributed by atoms with Crippen LogP contribution in [0.3, 0.4) is 0 Å². The van der Waals surface area contributed by atoms with Crippen LogP contribution in [0.1, 0.15) is 104 Å². The van der Waals surface area contributed by atoms with Gasteiger partial charge in [0, 0.05) is 36.2 Å². The Morgan fingerprint density at radius 2 is 1.73 bits per heavy atom. The van der Waals surface area contributed by atoms with E-state index in [1.165, 1.54) is 33.9 Å². The molecule has 4 aromatic rings. The zero-order valence-corrected chi connectivity index (χ0v) is 26.6.